The number of amides is 2. The highest BCUT2D eigenvalue weighted by Crippen LogP contribution is 2.67. The fourth-order valence-corrected chi connectivity index (χ4v) is 11.4. The van der Waals surface area contributed by atoms with Crippen LogP contribution in [0, 0.1) is 11.3 Å². The first-order valence-electron chi connectivity index (χ1n) is 12.9. The maximum Gasteiger partial charge on any atom is 0.405 e. The molecule has 0 aliphatic heterocycles. The molecule has 4 fully saturated rings. The molecule has 0 spiro atoms. The summed E-state index contributed by atoms with van der Waals surface area (Å²) in [6, 6.07) is 20.9. The molecule has 0 heterocycles. The van der Waals surface area contributed by atoms with Crippen LogP contribution in [0.5, 0.6) is 0 Å². The van der Waals surface area contributed by atoms with E-state index in [1.807, 2.05) is 12.1 Å². The van der Waals surface area contributed by atoms with Crippen molar-refractivity contribution in [3.05, 3.63) is 60.7 Å². The van der Waals surface area contributed by atoms with Crippen LogP contribution in [0.2, 0.25) is 5.04 Å². The van der Waals surface area contributed by atoms with Gasteiger partial charge in [-0.05, 0) is 47.5 Å². The SMILES string of the molecule is CC(C)(C)[Si](OC1CC(/C(=N/O)NC(=O)C23CC(NC(=O)O)(C2)C3)C1)(c1ccccc1)c1ccccc1. The van der Waals surface area contributed by atoms with E-state index in [0.717, 1.165) is 0 Å². The van der Waals surface area contributed by atoms with Crippen LogP contribution in [-0.4, -0.2) is 48.1 Å². The quantitative estimate of drug-likeness (QED) is 0.146. The number of benzene rings is 2. The summed E-state index contributed by atoms with van der Waals surface area (Å²) < 4.78 is 7.12. The number of oxime groups is 1. The average Bonchev–Trinajstić information content (AvgIpc) is 2.79. The van der Waals surface area contributed by atoms with Crippen LogP contribution in [0.1, 0.15) is 52.9 Å². The Bertz CT molecular complexity index is 1150. The largest absolute Gasteiger partial charge is 0.465 e. The zero-order valence-corrected chi connectivity index (χ0v) is 22.5. The highest BCUT2D eigenvalue weighted by molar-refractivity contribution is 6.99. The molecule has 9 heteroatoms. The Kier molecular flexibility index (Phi) is 6.19. The second-order valence-corrected chi connectivity index (χ2v) is 16.3. The van der Waals surface area contributed by atoms with E-state index in [9.17, 15) is 14.8 Å². The molecule has 4 saturated carbocycles. The first-order chi connectivity index (χ1) is 17.5. The van der Waals surface area contributed by atoms with Crippen LogP contribution in [0.4, 0.5) is 4.79 Å². The van der Waals surface area contributed by atoms with E-state index < -0.39 is 25.4 Å². The number of hydrogen-bond donors (Lipinski definition) is 4. The maximum absolute atomic E-state index is 12.9. The van der Waals surface area contributed by atoms with Crippen molar-refractivity contribution in [2.24, 2.45) is 16.5 Å². The predicted molar refractivity (Wildman–Crippen MR) is 143 cm³/mol. The van der Waals surface area contributed by atoms with Gasteiger partial charge < -0.3 is 25.4 Å². The first-order valence-corrected chi connectivity index (χ1v) is 14.8. The molecule has 2 amide bonds. The molecule has 8 nitrogen and oxygen atoms in total. The van der Waals surface area contributed by atoms with E-state index in [2.05, 4.69) is 85.1 Å². The fourth-order valence-electron chi connectivity index (χ4n) is 6.67. The third kappa shape index (κ3) is 4.23. The van der Waals surface area contributed by atoms with Crippen LogP contribution < -0.4 is 21.0 Å². The van der Waals surface area contributed by atoms with Crippen LogP contribution in [0.25, 0.3) is 0 Å². The molecule has 0 aromatic heterocycles. The molecule has 0 atom stereocenters. The van der Waals surface area contributed by atoms with Crippen molar-refractivity contribution in [3.8, 4) is 0 Å². The predicted octanol–water partition coefficient (Wildman–Crippen LogP) is 3.44. The molecule has 4 N–H and O–H groups in total. The molecular weight excluding hydrogens is 486 g/mol. The summed E-state index contributed by atoms with van der Waals surface area (Å²) in [6.45, 7) is 6.73. The van der Waals surface area contributed by atoms with Crippen molar-refractivity contribution >= 4 is 36.5 Å². The van der Waals surface area contributed by atoms with E-state index in [-0.39, 0.29) is 28.8 Å². The van der Waals surface area contributed by atoms with Crippen molar-refractivity contribution in [1.82, 2.24) is 10.6 Å². The summed E-state index contributed by atoms with van der Waals surface area (Å²) in [6.07, 6.45) is 1.68. The Labute approximate surface area is 218 Å². The van der Waals surface area contributed by atoms with Gasteiger partial charge in [0, 0.05) is 17.6 Å². The number of amidine groups is 1. The van der Waals surface area contributed by atoms with E-state index in [0.29, 0.717) is 32.1 Å². The van der Waals surface area contributed by atoms with Gasteiger partial charge in [-0.25, -0.2) is 4.79 Å². The van der Waals surface area contributed by atoms with Gasteiger partial charge in [0.2, 0.25) is 5.91 Å². The van der Waals surface area contributed by atoms with Crippen molar-refractivity contribution in [3.63, 3.8) is 0 Å². The molecule has 4 aliphatic rings. The third-order valence-corrected chi connectivity index (χ3v) is 13.6. The molecule has 0 saturated heterocycles. The minimum atomic E-state index is -2.68. The van der Waals surface area contributed by atoms with Crippen LogP contribution in [-0.2, 0) is 9.22 Å². The number of nitrogens with one attached hydrogen (secondary N) is 2. The minimum absolute atomic E-state index is 0.0251. The van der Waals surface area contributed by atoms with E-state index in [1.54, 1.807) is 0 Å². The monoisotopic (exact) mass is 521 g/mol. The lowest BCUT2D eigenvalue weighted by molar-refractivity contribution is -0.177. The fraction of sp³-hybridized carbons (Fsp3) is 0.464. The molecule has 0 radical (unpaired) electrons. The molecule has 2 bridgehead atoms. The zero-order valence-electron chi connectivity index (χ0n) is 21.5. The van der Waals surface area contributed by atoms with E-state index in [4.69, 9.17) is 9.53 Å². The molecule has 0 unspecified atom stereocenters. The Hall–Kier alpha value is -3.17. The molecule has 6 rings (SSSR count). The van der Waals surface area contributed by atoms with E-state index >= 15 is 0 Å². The van der Waals surface area contributed by atoms with Crippen LogP contribution in [0.15, 0.2) is 65.8 Å². The van der Waals surface area contributed by atoms with Gasteiger partial charge in [-0.3, -0.25) is 4.79 Å². The van der Waals surface area contributed by atoms with Crippen molar-refractivity contribution in [1.29, 1.82) is 0 Å². The van der Waals surface area contributed by atoms with Gasteiger partial charge >= 0.3 is 6.09 Å². The van der Waals surface area contributed by atoms with Gasteiger partial charge in [-0.15, -0.1) is 0 Å². The van der Waals surface area contributed by atoms with Gasteiger partial charge in [0.05, 0.1) is 5.41 Å². The summed E-state index contributed by atoms with van der Waals surface area (Å²) in [5.41, 5.74) is -1.03. The Morgan fingerprint density at radius 2 is 1.49 bits per heavy atom. The summed E-state index contributed by atoms with van der Waals surface area (Å²) >= 11 is 0. The standard InChI is InChI=1S/C28H35N3O5Si/c1-26(2,3)37(21-10-6-4-7-11-21,22-12-8-5-9-13-22)36-20-14-19(15-20)23(31-35)29-24(32)27-16-28(17-27,18-27)30-25(33)34/h4-13,19-20,30,35H,14-18H2,1-3H3,(H,33,34)(H,29,31,32). The maximum atomic E-state index is 12.9. The summed E-state index contributed by atoms with van der Waals surface area (Å²) in [5.74, 6) is -0.0152. The number of carboxylic acid groups (broad SMARTS) is 1. The van der Waals surface area contributed by atoms with Crippen molar-refractivity contribution < 1.29 is 24.3 Å². The number of nitrogens with zero attached hydrogens (tertiary/aromatic N) is 1. The lowest BCUT2D eigenvalue weighted by Gasteiger charge is -2.68. The number of rotatable bonds is 7. The zero-order chi connectivity index (χ0) is 26.5. The average molecular weight is 522 g/mol. The molecule has 196 valence electrons. The molecule has 37 heavy (non-hydrogen) atoms. The number of carbonyl (C=O) groups is 2. The Morgan fingerprint density at radius 1 is 0.973 bits per heavy atom. The van der Waals surface area contributed by atoms with Gasteiger partial charge in [-0.1, -0.05) is 86.6 Å². The van der Waals surface area contributed by atoms with E-state index in [1.165, 1.54) is 10.4 Å². The van der Waals surface area contributed by atoms with Gasteiger partial charge in [-0.2, -0.15) is 0 Å². The molecule has 2 aromatic carbocycles. The van der Waals surface area contributed by atoms with Gasteiger partial charge in [0.25, 0.3) is 8.32 Å². The third-order valence-electron chi connectivity index (χ3n) is 8.48. The summed E-state index contributed by atoms with van der Waals surface area (Å²) in [5, 5.41) is 29.8. The molecule has 2 aromatic rings. The minimum Gasteiger partial charge on any atom is -0.465 e. The number of hydrogen-bond acceptors (Lipinski definition) is 5. The van der Waals surface area contributed by atoms with Gasteiger partial charge in [0.1, 0.15) is 0 Å². The molecule has 4 aliphatic carbocycles. The Balaban J connectivity index is 1.28. The highest BCUT2D eigenvalue weighted by Gasteiger charge is 2.72. The Morgan fingerprint density at radius 3 is 1.92 bits per heavy atom. The summed E-state index contributed by atoms with van der Waals surface area (Å²) in [4.78, 5) is 23.9. The smallest absolute Gasteiger partial charge is 0.405 e. The molecular formula is C28H35N3O5Si. The normalized spacial score (nSPS) is 28.8. The highest BCUT2D eigenvalue weighted by atomic mass is 28.4. The lowest BCUT2D eigenvalue weighted by Crippen LogP contribution is -2.78. The van der Waals surface area contributed by atoms with Crippen molar-refractivity contribution in [2.45, 2.75) is 69.6 Å². The second-order valence-electron chi connectivity index (χ2n) is 12.0. The number of carbonyl (C=O) groups excluding carboxylic acids is 1. The summed E-state index contributed by atoms with van der Waals surface area (Å²) in [7, 11) is -2.68. The topological polar surface area (TPSA) is 120 Å². The van der Waals surface area contributed by atoms with Crippen molar-refractivity contribution in [2.75, 3.05) is 0 Å². The van der Waals surface area contributed by atoms with Crippen LogP contribution >= 0.6 is 0 Å². The second kappa shape index (κ2) is 8.99. The van der Waals surface area contributed by atoms with Gasteiger partial charge in [0.15, 0.2) is 5.84 Å². The lowest BCUT2D eigenvalue weighted by atomic mass is 9.39. The van der Waals surface area contributed by atoms with Crippen LogP contribution in [0.3, 0.4) is 0 Å². The first kappa shape index (κ1) is 25.5.